The minimum atomic E-state index is -4.91. The van der Waals surface area contributed by atoms with Gasteiger partial charge in [0.1, 0.15) is 0 Å². The predicted octanol–water partition coefficient (Wildman–Crippen LogP) is 1.93. The van der Waals surface area contributed by atoms with Crippen molar-refractivity contribution in [1.82, 2.24) is 4.72 Å². The molecule has 24 heavy (non-hydrogen) atoms. The van der Waals surface area contributed by atoms with Gasteiger partial charge in [-0.3, -0.25) is 0 Å². The molecular weight excluding hydrogens is 373 g/mol. The number of carbonyl (C=O) groups is 1. The highest BCUT2D eigenvalue weighted by atomic mass is 35.5. The van der Waals surface area contributed by atoms with Crippen LogP contribution in [-0.2, 0) is 20.9 Å². The molecule has 0 unspecified atom stereocenters. The van der Waals surface area contributed by atoms with Crippen LogP contribution >= 0.6 is 12.4 Å². The van der Waals surface area contributed by atoms with Crippen molar-refractivity contribution < 1.29 is 31.1 Å². The number of esters is 1. The molecule has 1 rings (SSSR count). The first-order valence-corrected chi connectivity index (χ1v) is 7.84. The Morgan fingerprint density at radius 3 is 2.25 bits per heavy atom. The molecule has 0 spiro atoms. The summed E-state index contributed by atoms with van der Waals surface area (Å²) in [6.45, 7) is 2.93. The van der Waals surface area contributed by atoms with Gasteiger partial charge in [0.25, 0.3) is 0 Å². The van der Waals surface area contributed by atoms with Crippen LogP contribution in [0.25, 0.3) is 0 Å². The second-order valence-electron chi connectivity index (χ2n) is 5.51. The van der Waals surface area contributed by atoms with E-state index in [9.17, 15) is 26.4 Å². The highest BCUT2D eigenvalue weighted by Crippen LogP contribution is 2.34. The topological polar surface area (TPSA) is 98.5 Å². The zero-order valence-electron chi connectivity index (χ0n) is 13.1. The summed E-state index contributed by atoms with van der Waals surface area (Å²) in [7, 11) is -3.28. The summed E-state index contributed by atoms with van der Waals surface area (Å²) in [4.78, 5) is 10.8. The van der Waals surface area contributed by atoms with E-state index in [2.05, 4.69) is 9.46 Å². The third-order valence-corrected chi connectivity index (χ3v) is 4.13. The van der Waals surface area contributed by atoms with Crippen molar-refractivity contribution in [1.29, 1.82) is 0 Å². The standard InChI is InChI=1S/C13H17F3N2O4S.ClH/c1-12(2,17)7-18-23(20,21)8-4-5-9(11(19)22-3)10(6-8)13(14,15)16;/h4-6,18H,7,17H2,1-3H3;1H. The number of nitrogens with one attached hydrogen (secondary N) is 1. The fourth-order valence-corrected chi connectivity index (χ4v) is 2.83. The van der Waals surface area contributed by atoms with Crippen molar-refractivity contribution in [3.8, 4) is 0 Å². The van der Waals surface area contributed by atoms with Gasteiger partial charge >= 0.3 is 12.1 Å². The number of ether oxygens (including phenoxy) is 1. The maximum absolute atomic E-state index is 13.0. The predicted molar refractivity (Wildman–Crippen MR) is 83.5 cm³/mol. The molecule has 0 aliphatic carbocycles. The minimum absolute atomic E-state index is 0. The molecule has 6 nitrogen and oxygen atoms in total. The Morgan fingerprint density at radius 2 is 1.83 bits per heavy atom. The number of hydrogen-bond donors (Lipinski definition) is 2. The maximum Gasteiger partial charge on any atom is 0.417 e. The van der Waals surface area contributed by atoms with Gasteiger partial charge in [0.15, 0.2) is 0 Å². The van der Waals surface area contributed by atoms with E-state index in [1.54, 1.807) is 13.8 Å². The monoisotopic (exact) mass is 390 g/mol. The lowest BCUT2D eigenvalue weighted by atomic mass is 10.1. The van der Waals surface area contributed by atoms with Crippen LogP contribution in [0.15, 0.2) is 23.1 Å². The molecule has 0 amide bonds. The Kier molecular flexibility index (Phi) is 7.25. The van der Waals surface area contributed by atoms with Crippen molar-refractivity contribution in [2.75, 3.05) is 13.7 Å². The highest BCUT2D eigenvalue weighted by Gasteiger charge is 2.37. The lowest BCUT2D eigenvalue weighted by molar-refractivity contribution is -0.138. The molecule has 0 saturated heterocycles. The van der Waals surface area contributed by atoms with Gasteiger partial charge < -0.3 is 10.5 Å². The molecule has 0 aliphatic heterocycles. The van der Waals surface area contributed by atoms with Crippen LogP contribution in [0.1, 0.15) is 29.8 Å². The van der Waals surface area contributed by atoms with Gasteiger partial charge in [-0.15, -0.1) is 12.4 Å². The number of methoxy groups -OCH3 is 1. The van der Waals surface area contributed by atoms with E-state index in [1.807, 2.05) is 0 Å². The van der Waals surface area contributed by atoms with Crippen LogP contribution in [0.4, 0.5) is 13.2 Å². The average Bonchev–Trinajstić information content (AvgIpc) is 2.42. The number of carbonyl (C=O) groups excluding carboxylic acids is 1. The summed E-state index contributed by atoms with van der Waals surface area (Å²) in [6, 6.07) is 2.04. The molecule has 1 aromatic carbocycles. The van der Waals surface area contributed by atoms with Gasteiger partial charge in [-0.25, -0.2) is 17.9 Å². The average molecular weight is 391 g/mol. The minimum Gasteiger partial charge on any atom is -0.465 e. The smallest absolute Gasteiger partial charge is 0.417 e. The van der Waals surface area contributed by atoms with Crippen molar-refractivity contribution in [3.63, 3.8) is 0 Å². The molecule has 0 radical (unpaired) electrons. The van der Waals surface area contributed by atoms with Gasteiger partial charge in [-0.2, -0.15) is 13.2 Å². The third kappa shape index (κ3) is 5.93. The van der Waals surface area contributed by atoms with E-state index >= 15 is 0 Å². The lowest BCUT2D eigenvalue weighted by Crippen LogP contribution is -2.45. The Bertz CT molecular complexity index is 700. The first-order chi connectivity index (χ1) is 10.3. The maximum atomic E-state index is 13.0. The number of nitrogens with two attached hydrogens (primary N) is 1. The van der Waals surface area contributed by atoms with Crippen LogP contribution < -0.4 is 10.5 Å². The number of benzene rings is 1. The first kappa shape index (κ1) is 22.6. The quantitative estimate of drug-likeness (QED) is 0.748. The summed E-state index contributed by atoms with van der Waals surface area (Å²) in [5.41, 5.74) is 2.60. The second kappa shape index (κ2) is 7.68. The first-order valence-electron chi connectivity index (χ1n) is 6.36. The number of alkyl halides is 3. The largest absolute Gasteiger partial charge is 0.465 e. The molecule has 0 heterocycles. The fourth-order valence-electron chi connectivity index (χ4n) is 1.58. The molecule has 0 bridgehead atoms. The molecular formula is C13H18ClF3N2O4S. The zero-order chi connectivity index (χ0) is 18.1. The molecule has 0 atom stereocenters. The van der Waals surface area contributed by atoms with Gasteiger partial charge in [0, 0.05) is 12.1 Å². The van der Waals surface area contributed by atoms with E-state index in [1.165, 1.54) is 0 Å². The molecule has 0 saturated carbocycles. The number of sulfonamides is 1. The second-order valence-corrected chi connectivity index (χ2v) is 7.28. The zero-order valence-corrected chi connectivity index (χ0v) is 14.7. The molecule has 138 valence electrons. The summed E-state index contributed by atoms with van der Waals surface area (Å²) < 4.78 is 69.6. The van der Waals surface area contributed by atoms with Crippen LogP contribution in [0.5, 0.6) is 0 Å². The Balaban J connectivity index is 0.00000529. The van der Waals surface area contributed by atoms with Crippen molar-refractivity contribution in [2.24, 2.45) is 5.73 Å². The summed E-state index contributed by atoms with van der Waals surface area (Å²) in [5.74, 6) is -1.21. The van der Waals surface area contributed by atoms with E-state index < -0.39 is 43.7 Å². The molecule has 11 heteroatoms. The van der Waals surface area contributed by atoms with Crippen LogP contribution in [-0.4, -0.2) is 33.6 Å². The Labute approximate surface area is 144 Å². The van der Waals surface area contributed by atoms with Crippen LogP contribution in [0, 0.1) is 0 Å². The lowest BCUT2D eigenvalue weighted by Gasteiger charge is -2.19. The van der Waals surface area contributed by atoms with E-state index in [4.69, 9.17) is 5.73 Å². The molecule has 0 fully saturated rings. The number of rotatable bonds is 5. The summed E-state index contributed by atoms with van der Waals surface area (Å²) in [5, 5.41) is 0. The number of halogens is 4. The van der Waals surface area contributed by atoms with Gasteiger partial charge in [0.2, 0.25) is 10.0 Å². The fraction of sp³-hybridized carbons (Fsp3) is 0.462. The normalized spacial score (nSPS) is 12.5. The van der Waals surface area contributed by atoms with Crippen LogP contribution in [0.3, 0.4) is 0 Å². The van der Waals surface area contributed by atoms with Crippen molar-refractivity contribution in [3.05, 3.63) is 29.3 Å². The van der Waals surface area contributed by atoms with Crippen molar-refractivity contribution in [2.45, 2.75) is 30.5 Å². The summed E-state index contributed by atoms with van der Waals surface area (Å²) >= 11 is 0. The van der Waals surface area contributed by atoms with Crippen LogP contribution in [0.2, 0.25) is 0 Å². The van der Waals surface area contributed by atoms with E-state index in [-0.39, 0.29) is 19.0 Å². The highest BCUT2D eigenvalue weighted by molar-refractivity contribution is 7.89. The molecule has 0 aromatic heterocycles. The Hall–Kier alpha value is -1.36. The third-order valence-electron chi connectivity index (χ3n) is 2.73. The number of hydrogen-bond acceptors (Lipinski definition) is 5. The van der Waals surface area contributed by atoms with E-state index in [0.717, 1.165) is 19.2 Å². The van der Waals surface area contributed by atoms with Gasteiger partial charge in [0.05, 0.1) is 23.1 Å². The van der Waals surface area contributed by atoms with Gasteiger partial charge in [-0.1, -0.05) is 0 Å². The molecule has 0 aliphatic rings. The molecule has 3 N–H and O–H groups in total. The van der Waals surface area contributed by atoms with Crippen molar-refractivity contribution >= 4 is 28.4 Å². The Morgan fingerprint density at radius 1 is 1.29 bits per heavy atom. The summed E-state index contributed by atoms with van der Waals surface area (Å²) in [6.07, 6.45) is -4.91. The van der Waals surface area contributed by atoms with E-state index in [0.29, 0.717) is 6.07 Å². The SMILES string of the molecule is COC(=O)c1ccc(S(=O)(=O)NCC(C)(C)N)cc1C(F)(F)F.Cl. The molecule has 1 aromatic rings. The van der Waals surface area contributed by atoms with Gasteiger partial charge in [-0.05, 0) is 32.0 Å².